The number of aromatic nitrogens is 1. The summed E-state index contributed by atoms with van der Waals surface area (Å²) in [4.78, 5) is 4.26. The number of pyridine rings is 1. The Morgan fingerprint density at radius 1 is 1.20 bits per heavy atom. The first-order valence-corrected chi connectivity index (χ1v) is 8.47. The fourth-order valence-electron chi connectivity index (χ4n) is 2.56. The molecule has 1 aliphatic rings. The van der Waals surface area contributed by atoms with Gasteiger partial charge in [0.15, 0.2) is 0 Å². The lowest BCUT2D eigenvalue weighted by atomic mass is 10.1. The van der Waals surface area contributed by atoms with Gasteiger partial charge in [-0.15, -0.1) is 0 Å². The number of hydrogen-bond acceptors (Lipinski definition) is 5. The highest BCUT2D eigenvalue weighted by molar-refractivity contribution is 7.91. The molecule has 1 aromatic carbocycles. The van der Waals surface area contributed by atoms with Gasteiger partial charge in [0.05, 0.1) is 28.4 Å². The zero-order valence-corrected chi connectivity index (χ0v) is 11.9. The maximum absolute atomic E-state index is 11.4. The summed E-state index contributed by atoms with van der Waals surface area (Å²) < 4.78 is 22.9. The molecule has 1 aliphatic heterocycles. The van der Waals surface area contributed by atoms with Gasteiger partial charge in [-0.25, -0.2) is 8.42 Å². The van der Waals surface area contributed by atoms with Crippen LogP contribution in [0.15, 0.2) is 30.5 Å². The highest BCUT2D eigenvalue weighted by Gasteiger charge is 2.23. The second kappa shape index (κ2) is 4.94. The molecule has 0 radical (unpaired) electrons. The maximum Gasteiger partial charge on any atom is 0.150 e. The highest BCUT2D eigenvalue weighted by Crippen LogP contribution is 2.29. The molecule has 0 unspecified atom stereocenters. The first-order valence-electron chi connectivity index (χ1n) is 6.65. The van der Waals surface area contributed by atoms with Crippen LogP contribution < -0.4 is 11.1 Å². The molecular weight excluding hydrogens is 274 g/mol. The molecule has 0 spiro atoms. The van der Waals surface area contributed by atoms with E-state index in [1.54, 1.807) is 6.20 Å². The number of benzene rings is 1. The van der Waals surface area contributed by atoms with Crippen molar-refractivity contribution in [1.82, 2.24) is 4.98 Å². The quantitative estimate of drug-likeness (QED) is 0.824. The van der Waals surface area contributed by atoms with Gasteiger partial charge < -0.3 is 11.1 Å². The Balaban J connectivity index is 1.83. The van der Waals surface area contributed by atoms with Gasteiger partial charge in [-0.1, -0.05) is 0 Å². The maximum atomic E-state index is 11.4. The minimum absolute atomic E-state index is 0.162. The second-order valence-electron chi connectivity index (χ2n) is 5.17. The van der Waals surface area contributed by atoms with E-state index >= 15 is 0 Å². The number of rotatable bonds is 2. The van der Waals surface area contributed by atoms with Crippen molar-refractivity contribution in [2.75, 3.05) is 22.6 Å². The highest BCUT2D eigenvalue weighted by atomic mass is 32.2. The molecule has 106 valence electrons. The lowest BCUT2D eigenvalue weighted by Crippen LogP contribution is -2.32. The molecule has 3 rings (SSSR count). The van der Waals surface area contributed by atoms with E-state index in [-0.39, 0.29) is 17.5 Å². The molecule has 1 aromatic heterocycles. The number of nitrogens with zero attached hydrogens (tertiary/aromatic N) is 1. The molecule has 20 heavy (non-hydrogen) atoms. The van der Waals surface area contributed by atoms with E-state index in [4.69, 9.17) is 5.73 Å². The fourth-order valence-corrected chi connectivity index (χ4v) is 4.05. The Kier molecular flexibility index (Phi) is 3.25. The topological polar surface area (TPSA) is 85.1 Å². The molecule has 6 heteroatoms. The van der Waals surface area contributed by atoms with E-state index in [0.717, 1.165) is 16.6 Å². The van der Waals surface area contributed by atoms with Gasteiger partial charge in [-0.3, -0.25) is 4.98 Å². The van der Waals surface area contributed by atoms with Crippen LogP contribution in [0, 0.1) is 0 Å². The van der Waals surface area contributed by atoms with Crippen molar-refractivity contribution in [2.24, 2.45) is 0 Å². The van der Waals surface area contributed by atoms with Crippen LogP contribution in [0.2, 0.25) is 0 Å². The molecule has 0 amide bonds. The lowest BCUT2D eigenvalue weighted by molar-refractivity contribution is 0.559. The van der Waals surface area contributed by atoms with Crippen LogP contribution in [0.5, 0.6) is 0 Å². The first-order chi connectivity index (χ1) is 9.55. The molecule has 0 atom stereocenters. The number of nitrogens with two attached hydrogens (primary N) is 1. The third kappa shape index (κ3) is 2.56. The predicted octanol–water partition coefficient (Wildman–Crippen LogP) is 1.81. The molecule has 0 aliphatic carbocycles. The largest absolute Gasteiger partial charge is 0.397 e. The van der Waals surface area contributed by atoms with E-state index in [1.807, 2.05) is 24.3 Å². The summed E-state index contributed by atoms with van der Waals surface area (Å²) in [7, 11) is -2.83. The number of fused-ring (bicyclic) bond motifs is 1. The van der Waals surface area contributed by atoms with E-state index < -0.39 is 9.84 Å². The zero-order chi connectivity index (χ0) is 14.2. The Morgan fingerprint density at radius 3 is 2.70 bits per heavy atom. The third-order valence-electron chi connectivity index (χ3n) is 3.74. The summed E-state index contributed by atoms with van der Waals surface area (Å²) in [5.74, 6) is 0.499. The molecule has 2 aromatic rings. The average Bonchev–Trinajstić information content (AvgIpc) is 2.44. The van der Waals surface area contributed by atoms with E-state index in [1.165, 1.54) is 0 Å². The summed E-state index contributed by atoms with van der Waals surface area (Å²) in [6, 6.07) is 7.79. The minimum Gasteiger partial charge on any atom is -0.397 e. The van der Waals surface area contributed by atoms with Crippen molar-refractivity contribution in [1.29, 1.82) is 0 Å². The molecule has 5 nitrogen and oxygen atoms in total. The predicted molar refractivity (Wildman–Crippen MR) is 81.5 cm³/mol. The van der Waals surface area contributed by atoms with Gasteiger partial charge in [-0.05, 0) is 37.1 Å². The Labute approximate surface area is 118 Å². The van der Waals surface area contributed by atoms with E-state index in [2.05, 4.69) is 10.3 Å². The second-order valence-corrected chi connectivity index (χ2v) is 7.47. The van der Waals surface area contributed by atoms with Crippen molar-refractivity contribution >= 4 is 32.1 Å². The molecule has 0 bridgehead atoms. The van der Waals surface area contributed by atoms with E-state index in [0.29, 0.717) is 18.5 Å². The number of nitrogen functional groups attached to an aromatic ring is 1. The van der Waals surface area contributed by atoms with Crippen molar-refractivity contribution in [3.63, 3.8) is 0 Å². The number of hydrogen-bond donors (Lipinski definition) is 2. The zero-order valence-electron chi connectivity index (χ0n) is 11.0. The standard InChI is InChI=1S/C14H17N3O2S/c15-14-11-2-1-7-16-12(11)3-4-13(14)17-10-5-8-20(18,19)9-6-10/h1-4,7,10,17H,5-6,8-9,15H2. The molecule has 2 heterocycles. The lowest BCUT2D eigenvalue weighted by Gasteiger charge is -2.25. The van der Waals surface area contributed by atoms with Gasteiger partial charge in [0, 0.05) is 17.6 Å². The Hall–Kier alpha value is -1.82. The summed E-state index contributed by atoms with van der Waals surface area (Å²) >= 11 is 0. The number of nitrogens with one attached hydrogen (secondary N) is 1. The average molecular weight is 291 g/mol. The van der Waals surface area contributed by atoms with Crippen molar-refractivity contribution in [2.45, 2.75) is 18.9 Å². The number of sulfone groups is 1. The normalized spacial score (nSPS) is 19.0. The van der Waals surface area contributed by atoms with Crippen LogP contribution in [-0.4, -0.2) is 30.9 Å². The van der Waals surface area contributed by atoms with Crippen LogP contribution in [0.4, 0.5) is 11.4 Å². The monoisotopic (exact) mass is 291 g/mol. The van der Waals surface area contributed by atoms with Crippen LogP contribution in [0.1, 0.15) is 12.8 Å². The van der Waals surface area contributed by atoms with E-state index in [9.17, 15) is 8.42 Å². The SMILES string of the molecule is Nc1c(NC2CCS(=O)(=O)CC2)ccc2ncccc12. The summed E-state index contributed by atoms with van der Waals surface area (Å²) in [5.41, 5.74) is 8.56. The Bertz CT molecular complexity index is 729. The Morgan fingerprint density at radius 2 is 1.95 bits per heavy atom. The van der Waals surface area contributed by atoms with Crippen LogP contribution in [0.25, 0.3) is 10.9 Å². The smallest absolute Gasteiger partial charge is 0.150 e. The fraction of sp³-hybridized carbons (Fsp3) is 0.357. The summed E-state index contributed by atoms with van der Waals surface area (Å²) in [6.07, 6.45) is 3.00. The van der Waals surface area contributed by atoms with Crippen molar-refractivity contribution < 1.29 is 8.42 Å². The summed E-state index contributed by atoms with van der Waals surface area (Å²) in [6.45, 7) is 0. The van der Waals surface area contributed by atoms with Crippen LogP contribution in [-0.2, 0) is 9.84 Å². The van der Waals surface area contributed by atoms with Crippen LogP contribution >= 0.6 is 0 Å². The summed E-state index contributed by atoms with van der Waals surface area (Å²) in [5, 5.41) is 4.28. The molecule has 1 saturated heterocycles. The minimum atomic E-state index is -2.83. The van der Waals surface area contributed by atoms with Gasteiger partial charge in [-0.2, -0.15) is 0 Å². The number of anilines is 2. The van der Waals surface area contributed by atoms with Crippen molar-refractivity contribution in [3.05, 3.63) is 30.5 Å². The van der Waals surface area contributed by atoms with Gasteiger partial charge in [0.2, 0.25) is 0 Å². The third-order valence-corrected chi connectivity index (χ3v) is 5.46. The molecule has 3 N–H and O–H groups in total. The van der Waals surface area contributed by atoms with Gasteiger partial charge in [0.1, 0.15) is 9.84 Å². The molecular formula is C14H17N3O2S. The first kappa shape index (κ1) is 13.2. The molecule has 0 saturated carbocycles. The van der Waals surface area contributed by atoms with Gasteiger partial charge in [0.25, 0.3) is 0 Å². The van der Waals surface area contributed by atoms with Crippen LogP contribution in [0.3, 0.4) is 0 Å². The van der Waals surface area contributed by atoms with Crippen molar-refractivity contribution in [3.8, 4) is 0 Å². The molecule has 1 fully saturated rings. The van der Waals surface area contributed by atoms with Gasteiger partial charge >= 0.3 is 0 Å².